The fourth-order valence-corrected chi connectivity index (χ4v) is 4.44. The molecule has 1 saturated carbocycles. The molecule has 1 saturated heterocycles. The zero-order chi connectivity index (χ0) is 20.9. The summed E-state index contributed by atoms with van der Waals surface area (Å²) in [7, 11) is 0. The molecule has 1 atom stereocenters. The van der Waals surface area contributed by atoms with Gasteiger partial charge < -0.3 is 20.4 Å². The van der Waals surface area contributed by atoms with E-state index in [-0.39, 0.29) is 11.9 Å². The molecule has 3 amide bonds. The first-order valence-electron chi connectivity index (χ1n) is 11.2. The second-order valence-electron chi connectivity index (χ2n) is 8.78. The fourth-order valence-electron chi connectivity index (χ4n) is 4.44. The van der Waals surface area contributed by atoms with E-state index in [0.29, 0.717) is 31.3 Å². The molecule has 1 unspecified atom stereocenters. The van der Waals surface area contributed by atoms with Crippen LogP contribution in [0.4, 0.5) is 16.2 Å². The molecule has 2 heterocycles. The fraction of sp³-hybridized carbons (Fsp3) is 0.500. The Morgan fingerprint density at radius 3 is 2.47 bits per heavy atom. The molecule has 6 nitrogen and oxygen atoms in total. The lowest BCUT2D eigenvalue weighted by Gasteiger charge is -2.36. The van der Waals surface area contributed by atoms with Crippen LogP contribution in [0, 0.1) is 11.8 Å². The van der Waals surface area contributed by atoms with Gasteiger partial charge in [-0.25, -0.2) is 4.79 Å². The van der Waals surface area contributed by atoms with Gasteiger partial charge in [0.15, 0.2) is 0 Å². The van der Waals surface area contributed by atoms with Crippen molar-refractivity contribution in [1.82, 2.24) is 9.80 Å². The molecule has 2 fully saturated rings. The maximum absolute atomic E-state index is 12.7. The zero-order valence-electron chi connectivity index (χ0n) is 17.8. The van der Waals surface area contributed by atoms with E-state index in [0.717, 1.165) is 24.3 Å². The Morgan fingerprint density at radius 2 is 1.73 bits per heavy atom. The van der Waals surface area contributed by atoms with E-state index in [2.05, 4.69) is 40.8 Å². The number of urea groups is 1. The van der Waals surface area contributed by atoms with Gasteiger partial charge in [-0.2, -0.15) is 0 Å². The summed E-state index contributed by atoms with van der Waals surface area (Å²) in [5.41, 5.74) is 2.70. The van der Waals surface area contributed by atoms with Crippen molar-refractivity contribution >= 4 is 23.3 Å². The third-order valence-corrected chi connectivity index (χ3v) is 6.31. The maximum Gasteiger partial charge on any atom is 0.322 e. The van der Waals surface area contributed by atoms with Crippen LogP contribution in [0.5, 0.6) is 0 Å². The highest BCUT2D eigenvalue weighted by Gasteiger charge is 2.24. The number of carbonyl (C=O) groups excluding carboxylic acids is 2. The lowest BCUT2D eigenvalue weighted by Crippen LogP contribution is -2.47. The number of benzene rings is 1. The molecular weight excluding hydrogens is 376 g/mol. The van der Waals surface area contributed by atoms with Gasteiger partial charge in [-0.05, 0) is 55.4 Å². The Kier molecular flexibility index (Phi) is 6.41. The summed E-state index contributed by atoms with van der Waals surface area (Å²) in [5, 5.41) is 5.95. The Labute approximate surface area is 179 Å². The SMILES string of the molecule is CC1C=CN2CCN(C(=O)Nc3ccc(NC(=O)CC4CCCC4)cc3)CC2=CC1. The van der Waals surface area contributed by atoms with Gasteiger partial charge in [0, 0.05) is 42.8 Å². The van der Waals surface area contributed by atoms with E-state index < -0.39 is 0 Å². The molecule has 1 aliphatic carbocycles. The maximum atomic E-state index is 12.7. The molecule has 1 aromatic carbocycles. The van der Waals surface area contributed by atoms with Crippen molar-refractivity contribution in [3.8, 4) is 0 Å². The summed E-state index contributed by atoms with van der Waals surface area (Å²) in [6, 6.07) is 7.29. The molecule has 4 rings (SSSR count). The minimum atomic E-state index is -0.0881. The number of allylic oxidation sites excluding steroid dienone is 2. The monoisotopic (exact) mass is 408 g/mol. The largest absolute Gasteiger partial charge is 0.349 e. The molecule has 0 aromatic heterocycles. The average molecular weight is 409 g/mol. The van der Waals surface area contributed by atoms with E-state index >= 15 is 0 Å². The van der Waals surface area contributed by atoms with Crippen LogP contribution in [0.2, 0.25) is 0 Å². The highest BCUT2D eigenvalue weighted by Crippen LogP contribution is 2.28. The quantitative estimate of drug-likeness (QED) is 0.753. The normalized spacial score (nSPS) is 21.6. The topological polar surface area (TPSA) is 64.7 Å². The predicted octanol–water partition coefficient (Wildman–Crippen LogP) is 4.79. The lowest BCUT2D eigenvalue weighted by atomic mass is 10.0. The van der Waals surface area contributed by atoms with Gasteiger partial charge in [-0.3, -0.25) is 4.79 Å². The summed E-state index contributed by atoms with van der Waals surface area (Å²) in [4.78, 5) is 29.0. The third-order valence-electron chi connectivity index (χ3n) is 6.31. The molecule has 2 N–H and O–H groups in total. The number of hydrogen-bond donors (Lipinski definition) is 2. The van der Waals surface area contributed by atoms with Gasteiger partial charge in [-0.1, -0.05) is 31.9 Å². The van der Waals surface area contributed by atoms with Crippen LogP contribution in [-0.4, -0.2) is 41.4 Å². The number of piperazine rings is 1. The molecule has 0 spiro atoms. The predicted molar refractivity (Wildman–Crippen MR) is 120 cm³/mol. The van der Waals surface area contributed by atoms with Crippen molar-refractivity contribution in [3.05, 3.63) is 48.3 Å². The summed E-state index contributed by atoms with van der Waals surface area (Å²) in [6.07, 6.45) is 13.1. The number of anilines is 2. The van der Waals surface area contributed by atoms with Crippen molar-refractivity contribution in [2.75, 3.05) is 30.3 Å². The zero-order valence-corrected chi connectivity index (χ0v) is 17.8. The standard InChI is InChI=1S/C24H32N4O2/c1-18-6-11-22-17-28(15-14-27(22)13-12-18)24(30)26-21-9-7-20(8-10-21)25-23(29)16-19-4-2-3-5-19/h7-13,18-19H,2-6,14-17H2,1H3,(H,25,29)(H,26,30). The summed E-state index contributed by atoms with van der Waals surface area (Å²) in [6.45, 7) is 4.33. The Bertz CT molecular complexity index is 824. The lowest BCUT2D eigenvalue weighted by molar-refractivity contribution is -0.117. The van der Waals surface area contributed by atoms with Crippen molar-refractivity contribution < 1.29 is 9.59 Å². The second kappa shape index (κ2) is 9.37. The smallest absolute Gasteiger partial charge is 0.322 e. The van der Waals surface area contributed by atoms with E-state index in [1.54, 1.807) is 0 Å². The van der Waals surface area contributed by atoms with Gasteiger partial charge in [-0.15, -0.1) is 0 Å². The van der Waals surface area contributed by atoms with Gasteiger partial charge in [0.1, 0.15) is 0 Å². The number of hydrogen-bond acceptors (Lipinski definition) is 3. The van der Waals surface area contributed by atoms with Crippen molar-refractivity contribution in [1.29, 1.82) is 0 Å². The number of nitrogens with zero attached hydrogens (tertiary/aromatic N) is 2. The van der Waals surface area contributed by atoms with Crippen LogP contribution < -0.4 is 10.6 Å². The third kappa shape index (κ3) is 5.23. The molecule has 1 aromatic rings. The van der Waals surface area contributed by atoms with Crippen LogP contribution in [0.25, 0.3) is 0 Å². The van der Waals surface area contributed by atoms with Gasteiger partial charge in [0.05, 0.1) is 6.54 Å². The number of carbonyl (C=O) groups is 2. The molecular formula is C24H32N4O2. The number of fused-ring (bicyclic) bond motifs is 1. The van der Waals surface area contributed by atoms with E-state index in [1.807, 2.05) is 29.2 Å². The first-order chi connectivity index (χ1) is 14.6. The van der Waals surface area contributed by atoms with Gasteiger partial charge in [0.25, 0.3) is 0 Å². The summed E-state index contributed by atoms with van der Waals surface area (Å²) in [5.74, 6) is 1.14. The van der Waals surface area contributed by atoms with Crippen LogP contribution in [-0.2, 0) is 4.79 Å². The number of amides is 3. The van der Waals surface area contributed by atoms with E-state index in [4.69, 9.17) is 0 Å². The van der Waals surface area contributed by atoms with Gasteiger partial charge in [0.2, 0.25) is 5.91 Å². The molecule has 160 valence electrons. The first-order valence-corrected chi connectivity index (χ1v) is 11.2. The van der Waals surface area contributed by atoms with Crippen molar-refractivity contribution in [2.24, 2.45) is 11.8 Å². The van der Waals surface area contributed by atoms with Crippen LogP contribution >= 0.6 is 0 Å². The highest BCUT2D eigenvalue weighted by atomic mass is 16.2. The summed E-state index contributed by atoms with van der Waals surface area (Å²) >= 11 is 0. The second-order valence-corrected chi connectivity index (χ2v) is 8.78. The van der Waals surface area contributed by atoms with Crippen molar-refractivity contribution in [2.45, 2.75) is 45.4 Å². The average Bonchev–Trinajstić information content (AvgIpc) is 3.17. The molecule has 3 aliphatic rings. The Morgan fingerprint density at radius 1 is 1.03 bits per heavy atom. The molecule has 0 radical (unpaired) electrons. The van der Waals surface area contributed by atoms with E-state index in [9.17, 15) is 9.59 Å². The van der Waals surface area contributed by atoms with Crippen LogP contribution in [0.15, 0.2) is 48.3 Å². The van der Waals surface area contributed by atoms with Crippen LogP contribution in [0.1, 0.15) is 45.4 Å². The molecule has 6 heteroatoms. The number of rotatable bonds is 4. The van der Waals surface area contributed by atoms with Gasteiger partial charge >= 0.3 is 6.03 Å². The minimum Gasteiger partial charge on any atom is -0.349 e. The summed E-state index contributed by atoms with van der Waals surface area (Å²) < 4.78 is 0. The Balaban J connectivity index is 1.28. The Hall–Kier alpha value is -2.76. The van der Waals surface area contributed by atoms with E-state index in [1.165, 1.54) is 31.4 Å². The number of nitrogens with one attached hydrogen (secondary N) is 2. The highest BCUT2D eigenvalue weighted by molar-refractivity contribution is 5.92. The van der Waals surface area contributed by atoms with Crippen molar-refractivity contribution in [3.63, 3.8) is 0 Å². The molecule has 0 bridgehead atoms. The minimum absolute atomic E-state index is 0.0802. The first kappa shape index (κ1) is 20.5. The molecule has 2 aliphatic heterocycles. The molecule has 30 heavy (non-hydrogen) atoms. The van der Waals surface area contributed by atoms with Crippen LogP contribution in [0.3, 0.4) is 0 Å².